The molecule has 2 aliphatic rings. The summed E-state index contributed by atoms with van der Waals surface area (Å²) in [5.74, 6) is 0. The maximum Gasteiger partial charge on any atom is 0.263 e. The third kappa shape index (κ3) is 3.21. The zero-order valence-electron chi connectivity index (χ0n) is 16.1. The fourth-order valence-electron chi connectivity index (χ4n) is 3.61. The van der Waals surface area contributed by atoms with Crippen molar-refractivity contribution in [3.05, 3.63) is 94.7 Å². The summed E-state index contributed by atoms with van der Waals surface area (Å²) in [6.45, 7) is 1.91. The molecule has 0 amide bonds. The lowest BCUT2D eigenvalue weighted by molar-refractivity contribution is 0.384. The molecule has 1 aromatic heterocycles. The van der Waals surface area contributed by atoms with Crippen molar-refractivity contribution in [3.63, 3.8) is 0 Å². The summed E-state index contributed by atoms with van der Waals surface area (Å²) < 4.78 is 1.78. The van der Waals surface area contributed by atoms with Gasteiger partial charge in [-0.1, -0.05) is 42.5 Å². The lowest BCUT2D eigenvalue weighted by Crippen LogP contribution is -2.28. The average molecular weight is 372 g/mol. The molecular weight excluding hydrogens is 348 g/mol. The number of pyridine rings is 1. The monoisotopic (exact) mass is 372 g/mol. The second kappa shape index (κ2) is 7.37. The Kier molecular flexibility index (Phi) is 4.75. The molecule has 5 nitrogen and oxygen atoms in total. The SMILES string of the molecule is C[C@H](N)c1cc2cccc(C3=CNN(C)C=C3)c2c(=O)n1C1=CC=CC=CC1. The van der Waals surface area contributed by atoms with Gasteiger partial charge in [0.2, 0.25) is 0 Å². The maximum atomic E-state index is 13.7. The van der Waals surface area contributed by atoms with Crippen molar-refractivity contribution in [2.24, 2.45) is 5.73 Å². The molecule has 0 radical (unpaired) electrons. The van der Waals surface area contributed by atoms with Crippen LogP contribution in [0.3, 0.4) is 0 Å². The minimum atomic E-state index is -0.262. The topological polar surface area (TPSA) is 63.3 Å². The van der Waals surface area contributed by atoms with E-state index < -0.39 is 0 Å². The Morgan fingerprint density at radius 3 is 2.82 bits per heavy atom. The summed E-state index contributed by atoms with van der Waals surface area (Å²) in [6, 6.07) is 7.73. The van der Waals surface area contributed by atoms with Crippen LogP contribution in [0.25, 0.3) is 22.0 Å². The second-order valence-corrected chi connectivity index (χ2v) is 7.10. The van der Waals surface area contributed by atoms with E-state index >= 15 is 0 Å². The van der Waals surface area contributed by atoms with Crippen LogP contribution in [0.15, 0.2) is 77.9 Å². The molecule has 1 aliphatic carbocycles. The Bertz CT molecular complexity index is 1130. The number of benzene rings is 1. The highest BCUT2D eigenvalue weighted by Gasteiger charge is 2.18. The van der Waals surface area contributed by atoms with Gasteiger partial charge in [0.1, 0.15) is 0 Å². The number of hydrazine groups is 1. The van der Waals surface area contributed by atoms with E-state index in [1.165, 1.54) is 0 Å². The molecule has 0 saturated heterocycles. The first-order chi connectivity index (χ1) is 13.6. The van der Waals surface area contributed by atoms with Crippen LogP contribution in [0, 0.1) is 0 Å². The van der Waals surface area contributed by atoms with Crippen LogP contribution in [-0.2, 0) is 0 Å². The van der Waals surface area contributed by atoms with Crippen LogP contribution in [0.2, 0.25) is 0 Å². The number of fused-ring (bicyclic) bond motifs is 1. The molecule has 0 fully saturated rings. The third-order valence-corrected chi connectivity index (χ3v) is 5.02. The average Bonchev–Trinajstić information content (AvgIpc) is 2.97. The lowest BCUT2D eigenvalue weighted by atomic mass is 9.97. The molecule has 142 valence electrons. The number of hydrogen-bond acceptors (Lipinski definition) is 4. The van der Waals surface area contributed by atoms with E-state index in [1.807, 2.05) is 86.0 Å². The molecule has 1 aliphatic heterocycles. The number of nitrogens with one attached hydrogen (secondary N) is 1. The summed E-state index contributed by atoms with van der Waals surface area (Å²) in [7, 11) is 1.92. The van der Waals surface area contributed by atoms with Crippen LogP contribution >= 0.6 is 0 Å². The Morgan fingerprint density at radius 1 is 1.21 bits per heavy atom. The van der Waals surface area contributed by atoms with Crippen molar-refractivity contribution in [2.75, 3.05) is 7.05 Å². The van der Waals surface area contributed by atoms with E-state index in [1.54, 1.807) is 4.57 Å². The zero-order chi connectivity index (χ0) is 19.7. The number of rotatable bonds is 3. The predicted octanol–water partition coefficient (Wildman–Crippen LogP) is 3.68. The van der Waals surface area contributed by atoms with E-state index in [0.717, 1.165) is 27.9 Å². The molecule has 2 aromatic rings. The van der Waals surface area contributed by atoms with E-state index in [4.69, 9.17) is 5.73 Å². The molecule has 28 heavy (non-hydrogen) atoms. The molecule has 0 bridgehead atoms. The van der Waals surface area contributed by atoms with Gasteiger partial charge in [-0.15, -0.1) is 0 Å². The van der Waals surface area contributed by atoms with E-state index in [-0.39, 0.29) is 11.6 Å². The highest BCUT2D eigenvalue weighted by molar-refractivity contribution is 5.96. The highest BCUT2D eigenvalue weighted by atomic mass is 16.1. The number of hydrogen-bond donors (Lipinski definition) is 2. The number of nitrogens with zero attached hydrogens (tertiary/aromatic N) is 2. The quantitative estimate of drug-likeness (QED) is 0.863. The molecule has 0 saturated carbocycles. The van der Waals surface area contributed by atoms with Crippen LogP contribution in [0.1, 0.15) is 30.6 Å². The molecular formula is C23H24N4O. The summed E-state index contributed by atoms with van der Waals surface area (Å²) in [6.07, 6.45) is 16.5. The van der Waals surface area contributed by atoms with Crippen molar-refractivity contribution in [1.82, 2.24) is 15.0 Å². The van der Waals surface area contributed by atoms with Gasteiger partial charge >= 0.3 is 0 Å². The summed E-state index contributed by atoms with van der Waals surface area (Å²) >= 11 is 0. The minimum absolute atomic E-state index is 0.0384. The number of allylic oxidation sites excluding steroid dienone is 8. The van der Waals surface area contributed by atoms with Crippen LogP contribution < -0.4 is 16.7 Å². The summed E-state index contributed by atoms with van der Waals surface area (Å²) in [5.41, 5.74) is 13.0. The normalized spacial score (nSPS) is 17.2. The van der Waals surface area contributed by atoms with Gasteiger partial charge in [0.05, 0.1) is 5.39 Å². The van der Waals surface area contributed by atoms with Crippen molar-refractivity contribution < 1.29 is 0 Å². The second-order valence-electron chi connectivity index (χ2n) is 7.10. The fraction of sp³-hybridized carbons (Fsp3) is 0.174. The molecule has 1 atom stereocenters. The van der Waals surface area contributed by atoms with E-state index in [0.29, 0.717) is 11.8 Å². The largest absolute Gasteiger partial charge is 0.323 e. The Balaban J connectivity index is 2.01. The lowest BCUT2D eigenvalue weighted by Gasteiger charge is -2.22. The van der Waals surface area contributed by atoms with Crippen LogP contribution in [0.5, 0.6) is 0 Å². The highest BCUT2D eigenvalue weighted by Crippen LogP contribution is 2.28. The van der Waals surface area contributed by atoms with Gasteiger partial charge in [0.15, 0.2) is 0 Å². The fourth-order valence-corrected chi connectivity index (χ4v) is 3.61. The number of aromatic nitrogens is 1. The maximum absolute atomic E-state index is 13.7. The summed E-state index contributed by atoms with van der Waals surface area (Å²) in [4.78, 5) is 13.7. The van der Waals surface area contributed by atoms with E-state index in [2.05, 4.69) is 11.5 Å². The zero-order valence-corrected chi connectivity index (χ0v) is 16.1. The van der Waals surface area contributed by atoms with E-state index in [9.17, 15) is 4.79 Å². The van der Waals surface area contributed by atoms with Gasteiger partial charge in [0, 0.05) is 48.9 Å². The Labute approximate surface area is 164 Å². The van der Waals surface area contributed by atoms with Crippen molar-refractivity contribution in [3.8, 4) is 0 Å². The molecule has 1 aromatic carbocycles. The molecule has 2 heterocycles. The summed E-state index contributed by atoms with van der Waals surface area (Å²) in [5, 5.41) is 3.46. The predicted molar refractivity (Wildman–Crippen MR) is 116 cm³/mol. The van der Waals surface area contributed by atoms with Crippen molar-refractivity contribution in [1.29, 1.82) is 0 Å². The van der Waals surface area contributed by atoms with Gasteiger partial charge in [-0.2, -0.15) is 0 Å². The van der Waals surface area contributed by atoms with Gasteiger partial charge in [0.25, 0.3) is 5.56 Å². The Morgan fingerprint density at radius 2 is 2.07 bits per heavy atom. The minimum Gasteiger partial charge on any atom is -0.323 e. The molecule has 0 spiro atoms. The number of nitrogens with two attached hydrogens (primary N) is 1. The third-order valence-electron chi connectivity index (χ3n) is 5.02. The van der Waals surface area contributed by atoms with Crippen molar-refractivity contribution >= 4 is 22.0 Å². The first kappa shape index (κ1) is 18.1. The van der Waals surface area contributed by atoms with Gasteiger partial charge in [-0.3, -0.25) is 14.4 Å². The Hall–Kier alpha value is -3.31. The molecule has 5 heteroatoms. The standard InChI is InChI=1S/C23H24N4O/c1-16(24)21-14-17-8-7-11-20(18-12-13-26(2)25-15-18)22(17)23(28)27(21)19-9-5-3-4-6-10-19/h3-9,11-16,25H,10,24H2,1-2H3/t16-/m0/s1. The molecule has 0 unspecified atom stereocenters. The first-order valence-corrected chi connectivity index (χ1v) is 9.41. The van der Waals surface area contributed by atoms with Crippen molar-refractivity contribution in [2.45, 2.75) is 19.4 Å². The van der Waals surface area contributed by atoms with Crippen LogP contribution in [0.4, 0.5) is 0 Å². The van der Waals surface area contributed by atoms with Crippen LogP contribution in [-0.4, -0.2) is 16.6 Å². The van der Waals surface area contributed by atoms with Gasteiger partial charge in [-0.25, -0.2) is 0 Å². The first-order valence-electron chi connectivity index (χ1n) is 9.41. The smallest absolute Gasteiger partial charge is 0.263 e. The molecule has 3 N–H and O–H groups in total. The van der Waals surface area contributed by atoms with Gasteiger partial charge < -0.3 is 11.2 Å². The van der Waals surface area contributed by atoms with Gasteiger partial charge in [-0.05, 0) is 36.1 Å². The molecule has 4 rings (SSSR count).